The lowest BCUT2D eigenvalue weighted by Crippen LogP contribution is -2.42. The van der Waals surface area contributed by atoms with Crippen molar-refractivity contribution in [3.8, 4) is 0 Å². The van der Waals surface area contributed by atoms with E-state index in [1.54, 1.807) is 18.2 Å². The van der Waals surface area contributed by atoms with Crippen LogP contribution in [0.4, 0.5) is 0 Å². The Bertz CT molecular complexity index is 850. The van der Waals surface area contributed by atoms with Gasteiger partial charge in [-0.2, -0.15) is 0 Å². The van der Waals surface area contributed by atoms with Gasteiger partial charge >= 0.3 is 5.97 Å². The molecule has 2 aromatic carbocycles. The van der Waals surface area contributed by atoms with Crippen molar-refractivity contribution in [3.63, 3.8) is 0 Å². The molecular weight excluding hydrogens is 366 g/mol. The van der Waals surface area contributed by atoms with E-state index in [9.17, 15) is 18.0 Å². The van der Waals surface area contributed by atoms with Gasteiger partial charge in [0.1, 0.15) is 6.04 Å². The van der Waals surface area contributed by atoms with Crippen LogP contribution in [0.15, 0.2) is 65.6 Å². The number of aryl methyl sites for hydroxylation is 1. The quantitative estimate of drug-likeness (QED) is 0.664. The SMILES string of the molecule is COC(=O)[C@@H](CCS(=O)(=O)c1ccccc1)NC(=O)CCc1ccccc1. The minimum atomic E-state index is -3.55. The molecule has 0 saturated heterocycles. The zero-order valence-electron chi connectivity index (χ0n) is 15.1. The van der Waals surface area contributed by atoms with Crippen LogP contribution in [0.25, 0.3) is 0 Å². The van der Waals surface area contributed by atoms with Crippen molar-refractivity contribution in [2.45, 2.75) is 30.2 Å². The standard InChI is InChI=1S/C20H23NO5S/c1-26-20(23)18(14-15-27(24,25)17-10-6-3-7-11-17)21-19(22)13-12-16-8-4-2-5-9-16/h2-11,18H,12-15H2,1H3,(H,21,22)/t18-/m1/s1. The largest absolute Gasteiger partial charge is 0.467 e. The van der Waals surface area contributed by atoms with Crippen molar-refractivity contribution in [1.82, 2.24) is 5.32 Å². The third-order valence-electron chi connectivity index (χ3n) is 4.08. The van der Waals surface area contributed by atoms with Crippen LogP contribution in [-0.4, -0.2) is 39.2 Å². The Morgan fingerprint density at radius 3 is 2.19 bits per heavy atom. The monoisotopic (exact) mass is 389 g/mol. The Balaban J connectivity index is 1.94. The molecule has 0 fully saturated rings. The molecule has 0 bridgehead atoms. The Morgan fingerprint density at radius 1 is 1.00 bits per heavy atom. The number of rotatable bonds is 9. The first-order chi connectivity index (χ1) is 12.9. The molecule has 0 aliphatic rings. The van der Waals surface area contributed by atoms with Gasteiger partial charge in [0.15, 0.2) is 9.84 Å². The van der Waals surface area contributed by atoms with E-state index in [-0.39, 0.29) is 29.4 Å². The molecule has 7 heteroatoms. The Hall–Kier alpha value is -2.67. The fraction of sp³-hybridized carbons (Fsp3) is 0.300. The van der Waals surface area contributed by atoms with E-state index in [1.807, 2.05) is 30.3 Å². The summed E-state index contributed by atoms with van der Waals surface area (Å²) in [5, 5.41) is 2.58. The van der Waals surface area contributed by atoms with E-state index in [0.717, 1.165) is 5.56 Å². The minimum absolute atomic E-state index is 0.0546. The van der Waals surface area contributed by atoms with Gasteiger partial charge in [-0.05, 0) is 30.5 Å². The van der Waals surface area contributed by atoms with Crippen molar-refractivity contribution in [2.75, 3.05) is 12.9 Å². The number of amides is 1. The predicted molar refractivity (Wildman–Crippen MR) is 102 cm³/mol. The first kappa shape index (κ1) is 20.6. The maximum absolute atomic E-state index is 12.4. The molecule has 2 rings (SSSR count). The van der Waals surface area contributed by atoms with Crippen LogP contribution in [0.2, 0.25) is 0 Å². The van der Waals surface area contributed by atoms with Crippen LogP contribution in [0.1, 0.15) is 18.4 Å². The molecule has 0 heterocycles. The molecule has 0 spiro atoms. The van der Waals surface area contributed by atoms with E-state index < -0.39 is 21.8 Å². The number of esters is 1. The summed E-state index contributed by atoms with van der Waals surface area (Å²) >= 11 is 0. The number of ether oxygens (including phenoxy) is 1. The minimum Gasteiger partial charge on any atom is -0.467 e. The first-order valence-corrected chi connectivity index (χ1v) is 10.3. The normalized spacial score (nSPS) is 12.2. The summed E-state index contributed by atoms with van der Waals surface area (Å²) in [4.78, 5) is 24.3. The van der Waals surface area contributed by atoms with Crippen LogP contribution >= 0.6 is 0 Å². The van der Waals surface area contributed by atoms with Gasteiger partial charge in [-0.25, -0.2) is 13.2 Å². The summed E-state index contributed by atoms with van der Waals surface area (Å²) in [6.45, 7) is 0. The lowest BCUT2D eigenvalue weighted by atomic mass is 10.1. The zero-order valence-corrected chi connectivity index (χ0v) is 15.9. The second-order valence-corrected chi connectivity index (χ2v) is 8.16. The summed E-state index contributed by atoms with van der Waals surface area (Å²) in [5.74, 6) is -1.26. The number of carbonyl (C=O) groups excluding carboxylic acids is 2. The number of hydrogen-bond donors (Lipinski definition) is 1. The average Bonchev–Trinajstić information content (AvgIpc) is 2.70. The number of carbonyl (C=O) groups is 2. The summed E-state index contributed by atoms with van der Waals surface area (Å²) in [5.41, 5.74) is 1.01. The van der Waals surface area contributed by atoms with Crippen LogP contribution < -0.4 is 5.32 Å². The number of hydrogen-bond acceptors (Lipinski definition) is 5. The van der Waals surface area contributed by atoms with E-state index in [0.29, 0.717) is 6.42 Å². The molecule has 6 nitrogen and oxygen atoms in total. The Labute approximate surface area is 159 Å². The topological polar surface area (TPSA) is 89.5 Å². The third kappa shape index (κ3) is 6.53. The van der Waals surface area contributed by atoms with Crippen LogP contribution in [0, 0.1) is 0 Å². The highest BCUT2D eigenvalue weighted by Crippen LogP contribution is 2.13. The fourth-order valence-corrected chi connectivity index (χ4v) is 3.93. The Morgan fingerprint density at radius 2 is 1.59 bits per heavy atom. The maximum atomic E-state index is 12.4. The van der Waals surface area contributed by atoms with Gasteiger partial charge in [0.2, 0.25) is 5.91 Å². The number of benzene rings is 2. The number of sulfone groups is 1. The van der Waals surface area contributed by atoms with Gasteiger partial charge in [0, 0.05) is 6.42 Å². The van der Waals surface area contributed by atoms with E-state index in [2.05, 4.69) is 5.32 Å². The summed E-state index contributed by atoms with van der Waals surface area (Å²) in [6.07, 6.45) is 0.673. The molecule has 0 aliphatic carbocycles. The molecule has 144 valence electrons. The smallest absolute Gasteiger partial charge is 0.328 e. The van der Waals surface area contributed by atoms with Gasteiger partial charge in [0.05, 0.1) is 17.8 Å². The molecule has 0 radical (unpaired) electrons. The van der Waals surface area contributed by atoms with Gasteiger partial charge in [-0.15, -0.1) is 0 Å². The lowest BCUT2D eigenvalue weighted by molar-refractivity contribution is -0.145. The molecule has 2 aromatic rings. The van der Waals surface area contributed by atoms with Crippen LogP contribution in [0.5, 0.6) is 0 Å². The molecule has 0 aromatic heterocycles. The van der Waals surface area contributed by atoms with Crippen molar-refractivity contribution >= 4 is 21.7 Å². The van der Waals surface area contributed by atoms with E-state index >= 15 is 0 Å². The van der Waals surface area contributed by atoms with E-state index in [1.165, 1.54) is 19.2 Å². The van der Waals surface area contributed by atoms with Gasteiger partial charge in [-0.1, -0.05) is 48.5 Å². The van der Waals surface area contributed by atoms with Crippen LogP contribution in [-0.2, 0) is 30.6 Å². The number of methoxy groups -OCH3 is 1. The summed E-state index contributed by atoms with van der Waals surface area (Å²) in [7, 11) is -2.34. The van der Waals surface area contributed by atoms with Gasteiger partial charge in [0.25, 0.3) is 0 Å². The van der Waals surface area contributed by atoms with Crippen molar-refractivity contribution in [3.05, 3.63) is 66.2 Å². The molecule has 0 aliphatic heterocycles. The summed E-state index contributed by atoms with van der Waals surface area (Å²) in [6, 6.07) is 16.5. The lowest BCUT2D eigenvalue weighted by Gasteiger charge is -2.16. The molecule has 1 atom stereocenters. The molecule has 27 heavy (non-hydrogen) atoms. The molecule has 0 unspecified atom stereocenters. The van der Waals surface area contributed by atoms with Gasteiger partial charge < -0.3 is 10.1 Å². The molecular formula is C20H23NO5S. The maximum Gasteiger partial charge on any atom is 0.328 e. The fourth-order valence-electron chi connectivity index (χ4n) is 2.58. The second-order valence-electron chi connectivity index (χ2n) is 6.05. The summed E-state index contributed by atoms with van der Waals surface area (Å²) < 4.78 is 29.5. The Kier molecular flexibility index (Phi) is 7.55. The van der Waals surface area contributed by atoms with Crippen molar-refractivity contribution in [1.29, 1.82) is 0 Å². The zero-order chi connectivity index (χ0) is 19.7. The van der Waals surface area contributed by atoms with Crippen molar-refractivity contribution in [2.24, 2.45) is 0 Å². The highest BCUT2D eigenvalue weighted by molar-refractivity contribution is 7.91. The molecule has 0 saturated carbocycles. The highest BCUT2D eigenvalue weighted by Gasteiger charge is 2.25. The van der Waals surface area contributed by atoms with Gasteiger partial charge in [-0.3, -0.25) is 4.79 Å². The molecule has 1 N–H and O–H groups in total. The van der Waals surface area contributed by atoms with E-state index in [4.69, 9.17) is 4.74 Å². The highest BCUT2D eigenvalue weighted by atomic mass is 32.2. The predicted octanol–water partition coefficient (Wildman–Crippen LogP) is 2.14. The third-order valence-corrected chi connectivity index (χ3v) is 5.85. The van der Waals surface area contributed by atoms with Crippen molar-refractivity contribution < 1.29 is 22.7 Å². The first-order valence-electron chi connectivity index (χ1n) is 8.61. The number of nitrogens with one attached hydrogen (secondary N) is 1. The average molecular weight is 389 g/mol. The second kappa shape index (κ2) is 9.87. The van der Waals surface area contributed by atoms with Crippen LogP contribution in [0.3, 0.4) is 0 Å². The molecule has 1 amide bonds.